The van der Waals surface area contributed by atoms with Crippen molar-refractivity contribution in [2.75, 3.05) is 19.7 Å². The minimum atomic E-state index is -0.831. The van der Waals surface area contributed by atoms with E-state index < -0.39 is 12.2 Å². The maximum absolute atomic E-state index is 12.7. The number of hydrogen-bond acceptors (Lipinski definition) is 8. The number of carbonyl (C=O) groups excluding carboxylic acids is 3. The molecule has 2 aromatic rings. The monoisotopic (exact) mass is 465 g/mol. The van der Waals surface area contributed by atoms with Crippen LogP contribution < -0.4 is 9.47 Å². The number of hydrogen-bond donors (Lipinski definition) is 0. The van der Waals surface area contributed by atoms with Crippen LogP contribution >= 0.6 is 0 Å². The largest absolute Gasteiger partial charge is 0.428 e. The highest BCUT2D eigenvalue weighted by molar-refractivity contribution is 5.89. The van der Waals surface area contributed by atoms with Gasteiger partial charge in [0.15, 0.2) is 0 Å². The van der Waals surface area contributed by atoms with Gasteiger partial charge in [0, 0.05) is 6.54 Å². The summed E-state index contributed by atoms with van der Waals surface area (Å²) in [6.07, 6.45) is 4.79. The van der Waals surface area contributed by atoms with E-state index in [2.05, 4.69) is 9.73 Å². The fourth-order valence-electron chi connectivity index (χ4n) is 3.23. The van der Waals surface area contributed by atoms with Crippen molar-refractivity contribution < 1.29 is 28.6 Å². The van der Waals surface area contributed by atoms with Crippen molar-refractivity contribution in [1.29, 1.82) is 5.26 Å². The third-order valence-electron chi connectivity index (χ3n) is 4.92. The lowest BCUT2D eigenvalue weighted by molar-refractivity contribution is 0.130. The number of unbranched alkanes of at least 4 members (excludes halogenated alkanes) is 1. The molecule has 34 heavy (non-hydrogen) atoms. The van der Waals surface area contributed by atoms with Gasteiger partial charge in [-0.25, -0.2) is 24.3 Å². The molecule has 0 aliphatic rings. The van der Waals surface area contributed by atoms with Crippen LogP contribution in [0.1, 0.15) is 32.1 Å². The Hall–Kier alpha value is -4.15. The molecule has 0 aliphatic carbocycles. The normalized spacial score (nSPS) is 10.8. The van der Waals surface area contributed by atoms with Gasteiger partial charge in [0.2, 0.25) is 6.08 Å². The second-order valence-corrected chi connectivity index (χ2v) is 7.39. The standard InChI is InChI=1S/C25H27N3O6/c26-19-32-17-9-11-21(18-27-20-29)10-7-8-16-28(24(30)33-22-12-3-1-4-13-22)25(31)34-23-14-5-2-6-15-23/h1-6,12-15,21H,7-11,16-18H2. The Morgan fingerprint density at radius 2 is 1.44 bits per heavy atom. The van der Waals surface area contributed by atoms with Gasteiger partial charge in [-0.3, -0.25) is 0 Å². The van der Waals surface area contributed by atoms with E-state index >= 15 is 0 Å². The Morgan fingerprint density at radius 3 is 1.97 bits per heavy atom. The topological polar surface area (TPSA) is 118 Å². The minimum Gasteiger partial charge on any atom is -0.428 e. The summed E-state index contributed by atoms with van der Waals surface area (Å²) in [5.74, 6) is 0.734. The van der Waals surface area contributed by atoms with E-state index in [1.54, 1.807) is 73.0 Å². The summed E-state index contributed by atoms with van der Waals surface area (Å²) < 4.78 is 15.3. The van der Waals surface area contributed by atoms with E-state index in [-0.39, 0.29) is 12.5 Å². The number of carbonyl (C=O) groups is 2. The van der Waals surface area contributed by atoms with Crippen LogP contribution in [0.4, 0.5) is 9.59 Å². The fraction of sp³-hybridized carbons (Fsp3) is 0.360. The molecule has 2 amide bonds. The average Bonchev–Trinajstić information content (AvgIpc) is 2.85. The Balaban J connectivity index is 1.95. The second-order valence-electron chi connectivity index (χ2n) is 7.39. The van der Waals surface area contributed by atoms with Crippen LogP contribution in [-0.4, -0.2) is 42.9 Å². The first-order chi connectivity index (χ1) is 16.6. The molecular formula is C25H27N3O6. The predicted molar refractivity (Wildman–Crippen MR) is 123 cm³/mol. The molecule has 0 aromatic heterocycles. The molecule has 0 aliphatic heterocycles. The molecule has 2 rings (SSSR count). The highest BCUT2D eigenvalue weighted by atomic mass is 16.6. The zero-order valence-corrected chi connectivity index (χ0v) is 18.8. The number of amides is 2. The zero-order valence-electron chi connectivity index (χ0n) is 18.8. The van der Waals surface area contributed by atoms with Crippen molar-refractivity contribution in [2.24, 2.45) is 10.9 Å². The fourth-order valence-corrected chi connectivity index (χ4v) is 3.23. The molecule has 1 atom stereocenters. The summed E-state index contributed by atoms with van der Waals surface area (Å²) in [5, 5.41) is 8.45. The average molecular weight is 466 g/mol. The van der Waals surface area contributed by atoms with Crippen LogP contribution in [0.15, 0.2) is 65.7 Å². The van der Waals surface area contributed by atoms with Crippen LogP contribution in [0.25, 0.3) is 0 Å². The third-order valence-corrected chi connectivity index (χ3v) is 4.92. The Labute approximate surface area is 198 Å². The number of aliphatic imine (C=N–C) groups is 1. The van der Waals surface area contributed by atoms with Crippen molar-refractivity contribution >= 4 is 18.3 Å². The highest BCUT2D eigenvalue weighted by Gasteiger charge is 2.25. The van der Waals surface area contributed by atoms with Crippen LogP contribution in [0.5, 0.6) is 11.5 Å². The molecule has 1 unspecified atom stereocenters. The van der Waals surface area contributed by atoms with Gasteiger partial charge in [0.25, 0.3) is 6.26 Å². The quantitative estimate of drug-likeness (QED) is 0.175. The molecular weight excluding hydrogens is 438 g/mol. The van der Waals surface area contributed by atoms with E-state index in [4.69, 9.17) is 14.7 Å². The van der Waals surface area contributed by atoms with Crippen LogP contribution in [0.3, 0.4) is 0 Å². The van der Waals surface area contributed by atoms with Crippen molar-refractivity contribution in [2.45, 2.75) is 32.1 Å². The maximum Gasteiger partial charge on any atom is 0.424 e. The number of ether oxygens (including phenoxy) is 3. The maximum atomic E-state index is 12.7. The van der Waals surface area contributed by atoms with Crippen molar-refractivity contribution in [3.63, 3.8) is 0 Å². The molecule has 0 saturated heterocycles. The third kappa shape index (κ3) is 9.98. The summed E-state index contributed by atoms with van der Waals surface area (Å²) in [6.45, 7) is 0.729. The number of isocyanates is 1. The van der Waals surface area contributed by atoms with Gasteiger partial charge in [0.1, 0.15) is 18.1 Å². The van der Waals surface area contributed by atoms with Gasteiger partial charge in [-0.1, -0.05) is 42.8 Å². The first kappa shape index (κ1) is 26.1. The Kier molecular flexibility index (Phi) is 12.0. The molecule has 0 spiro atoms. The van der Waals surface area contributed by atoms with Crippen LogP contribution in [0.2, 0.25) is 0 Å². The Morgan fingerprint density at radius 1 is 0.882 bits per heavy atom. The molecule has 9 heteroatoms. The second kappa shape index (κ2) is 15.6. The van der Waals surface area contributed by atoms with E-state index in [1.807, 2.05) is 0 Å². The summed E-state index contributed by atoms with van der Waals surface area (Å²) in [5.41, 5.74) is 0. The van der Waals surface area contributed by atoms with Gasteiger partial charge < -0.3 is 14.2 Å². The molecule has 9 nitrogen and oxygen atoms in total. The minimum absolute atomic E-state index is 0.0958. The van der Waals surface area contributed by atoms with E-state index in [0.29, 0.717) is 50.3 Å². The zero-order chi connectivity index (χ0) is 24.4. The van der Waals surface area contributed by atoms with Crippen molar-refractivity contribution in [3.05, 3.63) is 60.7 Å². The van der Waals surface area contributed by atoms with Crippen molar-refractivity contribution in [3.8, 4) is 17.8 Å². The number of benzene rings is 2. The highest BCUT2D eigenvalue weighted by Crippen LogP contribution is 2.18. The molecule has 2 aromatic carbocycles. The molecule has 0 heterocycles. The number of para-hydroxylation sites is 2. The first-order valence-electron chi connectivity index (χ1n) is 11.0. The first-order valence-corrected chi connectivity index (χ1v) is 11.0. The van der Waals surface area contributed by atoms with Gasteiger partial charge in [-0.15, -0.1) is 0 Å². The number of nitriles is 1. The van der Waals surface area contributed by atoms with E-state index in [9.17, 15) is 14.4 Å². The predicted octanol–water partition coefficient (Wildman–Crippen LogP) is 5.09. The van der Waals surface area contributed by atoms with Crippen LogP contribution in [0, 0.1) is 17.4 Å². The van der Waals surface area contributed by atoms with Crippen LogP contribution in [-0.2, 0) is 9.53 Å². The summed E-state index contributed by atoms with van der Waals surface area (Å²) >= 11 is 0. The van der Waals surface area contributed by atoms with E-state index in [0.717, 1.165) is 11.3 Å². The van der Waals surface area contributed by atoms with Gasteiger partial charge in [-0.05, 0) is 55.9 Å². The number of nitrogens with zero attached hydrogens (tertiary/aromatic N) is 3. The van der Waals surface area contributed by atoms with Crippen molar-refractivity contribution in [1.82, 2.24) is 4.90 Å². The lowest BCUT2D eigenvalue weighted by atomic mass is 9.97. The van der Waals surface area contributed by atoms with Gasteiger partial charge in [-0.2, -0.15) is 5.26 Å². The lowest BCUT2D eigenvalue weighted by Crippen LogP contribution is -2.41. The van der Waals surface area contributed by atoms with Gasteiger partial charge in [0.05, 0.1) is 6.54 Å². The molecule has 0 N–H and O–H groups in total. The summed E-state index contributed by atoms with van der Waals surface area (Å²) in [6, 6.07) is 16.9. The Bertz CT molecular complexity index is 918. The molecule has 0 radical (unpaired) electrons. The molecule has 0 fully saturated rings. The number of rotatable bonds is 13. The molecule has 0 bridgehead atoms. The lowest BCUT2D eigenvalue weighted by Gasteiger charge is -2.20. The summed E-state index contributed by atoms with van der Waals surface area (Å²) in [7, 11) is 0. The van der Waals surface area contributed by atoms with E-state index in [1.165, 1.54) is 0 Å². The summed E-state index contributed by atoms with van der Waals surface area (Å²) in [4.78, 5) is 40.5. The SMILES string of the molecule is N#COCCCC(CCCCN(C(=O)Oc1ccccc1)C(=O)Oc1ccccc1)CN=C=O. The smallest absolute Gasteiger partial charge is 0.424 e. The molecule has 0 saturated carbocycles. The number of imide groups is 1. The van der Waals surface area contributed by atoms with Gasteiger partial charge >= 0.3 is 12.2 Å². The molecule has 178 valence electrons.